The minimum Gasteiger partial charge on any atom is -0.351 e. The Morgan fingerprint density at radius 3 is 2.47 bits per heavy atom. The van der Waals surface area contributed by atoms with Crippen LogP contribution in [-0.4, -0.2) is 38.0 Å². The van der Waals surface area contributed by atoms with Gasteiger partial charge in [0, 0.05) is 18.7 Å². The fraction of sp³-hybridized carbons (Fsp3) is 0.267. The highest BCUT2D eigenvalue weighted by Crippen LogP contribution is 2.15. The Balaban J connectivity index is 0.00000180. The Bertz CT molecular complexity index is 555. The number of fused-ring (bicyclic) bond motifs is 1. The van der Waals surface area contributed by atoms with Crippen molar-refractivity contribution in [3.05, 3.63) is 48.0 Å². The number of rotatable bonds is 4. The van der Waals surface area contributed by atoms with Crippen LogP contribution in [0.1, 0.15) is 10.4 Å². The van der Waals surface area contributed by atoms with Crippen LogP contribution >= 0.6 is 12.4 Å². The van der Waals surface area contributed by atoms with Gasteiger partial charge in [0.25, 0.3) is 5.91 Å². The predicted molar refractivity (Wildman–Crippen MR) is 82.1 cm³/mol. The first-order valence-electron chi connectivity index (χ1n) is 6.08. The molecule has 0 aliphatic heterocycles. The third-order valence-corrected chi connectivity index (χ3v) is 2.86. The third-order valence-electron chi connectivity index (χ3n) is 2.86. The topological polar surface area (TPSA) is 32.3 Å². The molecule has 0 bridgehead atoms. The molecule has 0 aromatic heterocycles. The number of halogens is 1. The summed E-state index contributed by atoms with van der Waals surface area (Å²) in [6.45, 7) is 1.51. The number of likely N-dealkylation sites (N-methyl/N-ethyl adjacent to an activating group) is 1. The standard InChI is InChI=1S/C15H18N2O.ClH/c1-17(2)10-9-16-15(18)14-8-7-12-5-3-4-6-13(12)11-14;/h3-8,11H,9-10H2,1-2H3,(H,16,18);1H. The van der Waals surface area contributed by atoms with Crippen LogP contribution in [-0.2, 0) is 0 Å². The molecule has 0 aliphatic rings. The maximum absolute atomic E-state index is 11.9. The highest BCUT2D eigenvalue weighted by atomic mass is 35.5. The first-order chi connectivity index (χ1) is 8.66. The number of hydrogen-bond acceptors (Lipinski definition) is 2. The van der Waals surface area contributed by atoms with Crippen molar-refractivity contribution in [2.45, 2.75) is 0 Å². The van der Waals surface area contributed by atoms with Gasteiger partial charge >= 0.3 is 0 Å². The quantitative estimate of drug-likeness (QED) is 0.932. The van der Waals surface area contributed by atoms with E-state index in [1.807, 2.05) is 61.5 Å². The van der Waals surface area contributed by atoms with Gasteiger partial charge in [-0.25, -0.2) is 0 Å². The summed E-state index contributed by atoms with van der Waals surface area (Å²) in [5, 5.41) is 5.16. The summed E-state index contributed by atoms with van der Waals surface area (Å²) in [4.78, 5) is 14.0. The fourth-order valence-electron chi connectivity index (χ4n) is 1.83. The van der Waals surface area contributed by atoms with Crippen LogP contribution in [0.3, 0.4) is 0 Å². The van der Waals surface area contributed by atoms with Gasteiger partial charge < -0.3 is 10.2 Å². The molecule has 2 aromatic carbocycles. The Kier molecular flexibility index (Phi) is 5.80. The monoisotopic (exact) mass is 278 g/mol. The molecule has 0 spiro atoms. The van der Waals surface area contributed by atoms with Crippen LogP contribution in [0.15, 0.2) is 42.5 Å². The van der Waals surface area contributed by atoms with Crippen molar-refractivity contribution in [3.63, 3.8) is 0 Å². The second-order valence-electron chi connectivity index (χ2n) is 4.62. The fourth-order valence-corrected chi connectivity index (χ4v) is 1.83. The van der Waals surface area contributed by atoms with Crippen molar-refractivity contribution in [1.29, 1.82) is 0 Å². The minimum absolute atomic E-state index is 0. The summed E-state index contributed by atoms with van der Waals surface area (Å²) in [6, 6.07) is 13.8. The second kappa shape index (κ2) is 7.12. The Labute approximate surface area is 120 Å². The van der Waals surface area contributed by atoms with E-state index < -0.39 is 0 Å². The molecule has 0 fully saturated rings. The van der Waals surface area contributed by atoms with Crippen molar-refractivity contribution in [3.8, 4) is 0 Å². The van der Waals surface area contributed by atoms with Crippen molar-refractivity contribution in [2.24, 2.45) is 0 Å². The van der Waals surface area contributed by atoms with Crippen molar-refractivity contribution in [2.75, 3.05) is 27.2 Å². The maximum Gasteiger partial charge on any atom is 0.251 e. The van der Waals surface area contributed by atoms with Crippen LogP contribution in [0.4, 0.5) is 0 Å². The van der Waals surface area contributed by atoms with Gasteiger partial charge in [0.1, 0.15) is 0 Å². The molecule has 0 saturated heterocycles. The lowest BCUT2D eigenvalue weighted by molar-refractivity contribution is 0.0951. The lowest BCUT2D eigenvalue weighted by Crippen LogP contribution is -2.31. The van der Waals surface area contributed by atoms with E-state index in [-0.39, 0.29) is 18.3 Å². The third kappa shape index (κ3) is 4.23. The van der Waals surface area contributed by atoms with Crippen LogP contribution < -0.4 is 5.32 Å². The zero-order valence-electron chi connectivity index (χ0n) is 11.2. The highest BCUT2D eigenvalue weighted by molar-refractivity contribution is 5.98. The molecule has 0 aliphatic carbocycles. The summed E-state index contributed by atoms with van der Waals surface area (Å²) in [5.41, 5.74) is 0.715. The molecule has 0 unspecified atom stereocenters. The summed E-state index contributed by atoms with van der Waals surface area (Å²) in [5.74, 6) is -0.0115. The van der Waals surface area contributed by atoms with Crippen LogP contribution in [0, 0.1) is 0 Å². The summed E-state index contributed by atoms with van der Waals surface area (Å²) in [7, 11) is 3.98. The number of carbonyl (C=O) groups excluding carboxylic acids is 1. The molecule has 102 valence electrons. The van der Waals surface area contributed by atoms with E-state index >= 15 is 0 Å². The van der Waals surface area contributed by atoms with Gasteiger partial charge in [-0.3, -0.25) is 4.79 Å². The second-order valence-corrected chi connectivity index (χ2v) is 4.62. The van der Waals surface area contributed by atoms with Gasteiger partial charge in [-0.1, -0.05) is 30.3 Å². The molecule has 19 heavy (non-hydrogen) atoms. The lowest BCUT2D eigenvalue weighted by atomic mass is 10.1. The Morgan fingerprint density at radius 1 is 1.11 bits per heavy atom. The van der Waals surface area contributed by atoms with Crippen molar-refractivity contribution < 1.29 is 4.79 Å². The molecule has 3 nitrogen and oxygen atoms in total. The van der Waals surface area contributed by atoms with Gasteiger partial charge in [0.15, 0.2) is 0 Å². The summed E-state index contributed by atoms with van der Waals surface area (Å²) < 4.78 is 0. The first-order valence-corrected chi connectivity index (χ1v) is 6.08. The van der Waals surface area contributed by atoms with Crippen LogP contribution in [0.5, 0.6) is 0 Å². The SMILES string of the molecule is CN(C)CCNC(=O)c1ccc2ccccc2c1.Cl. The number of amides is 1. The average Bonchev–Trinajstić information content (AvgIpc) is 2.37. The number of nitrogens with zero attached hydrogens (tertiary/aromatic N) is 1. The molecule has 4 heteroatoms. The predicted octanol–water partition coefficient (Wildman–Crippen LogP) is 2.55. The number of carbonyl (C=O) groups is 1. The van der Waals surface area contributed by atoms with E-state index in [1.165, 1.54) is 0 Å². The smallest absolute Gasteiger partial charge is 0.251 e. The van der Waals surface area contributed by atoms with Gasteiger partial charge in [-0.15, -0.1) is 12.4 Å². The van der Waals surface area contributed by atoms with E-state index in [1.54, 1.807) is 0 Å². The van der Waals surface area contributed by atoms with Gasteiger partial charge in [0.2, 0.25) is 0 Å². The van der Waals surface area contributed by atoms with Crippen molar-refractivity contribution in [1.82, 2.24) is 10.2 Å². The molecule has 0 radical (unpaired) electrons. The van der Waals surface area contributed by atoms with Crippen LogP contribution in [0.2, 0.25) is 0 Å². The van der Waals surface area contributed by atoms with Crippen molar-refractivity contribution >= 4 is 29.1 Å². The van der Waals surface area contributed by atoms with E-state index in [0.29, 0.717) is 12.1 Å². The number of hydrogen-bond donors (Lipinski definition) is 1. The molecule has 0 atom stereocenters. The zero-order chi connectivity index (χ0) is 13.0. The number of nitrogens with one attached hydrogen (secondary N) is 1. The van der Waals surface area contributed by atoms with Crippen LogP contribution in [0.25, 0.3) is 10.8 Å². The lowest BCUT2D eigenvalue weighted by Gasteiger charge is -2.10. The summed E-state index contributed by atoms with van der Waals surface area (Å²) in [6.07, 6.45) is 0. The Morgan fingerprint density at radius 2 is 1.79 bits per heavy atom. The van der Waals surface area contributed by atoms with E-state index in [4.69, 9.17) is 0 Å². The van der Waals surface area contributed by atoms with E-state index in [2.05, 4.69) is 5.32 Å². The number of benzene rings is 2. The maximum atomic E-state index is 11.9. The molecular weight excluding hydrogens is 260 g/mol. The van der Waals surface area contributed by atoms with Gasteiger partial charge in [-0.2, -0.15) is 0 Å². The average molecular weight is 279 g/mol. The molecular formula is C15H19ClN2O. The molecule has 0 heterocycles. The molecule has 0 saturated carbocycles. The van der Waals surface area contributed by atoms with E-state index in [0.717, 1.165) is 17.3 Å². The first kappa shape index (κ1) is 15.5. The summed E-state index contributed by atoms with van der Waals surface area (Å²) >= 11 is 0. The minimum atomic E-state index is -0.0115. The highest BCUT2D eigenvalue weighted by Gasteiger charge is 2.05. The zero-order valence-corrected chi connectivity index (χ0v) is 12.0. The van der Waals surface area contributed by atoms with Gasteiger partial charge in [-0.05, 0) is 37.0 Å². The molecule has 2 rings (SSSR count). The largest absolute Gasteiger partial charge is 0.351 e. The molecule has 1 N–H and O–H groups in total. The van der Waals surface area contributed by atoms with Gasteiger partial charge in [0.05, 0.1) is 0 Å². The molecule has 1 amide bonds. The molecule has 2 aromatic rings. The normalized spacial score (nSPS) is 10.3. The van der Waals surface area contributed by atoms with E-state index in [9.17, 15) is 4.79 Å². The Hall–Kier alpha value is -1.58.